The Hall–Kier alpha value is -3.70. The Bertz CT molecular complexity index is 1760. The smallest absolute Gasteiger partial charge is 0.319 e. The van der Waals surface area contributed by atoms with E-state index in [2.05, 4.69) is 20.1 Å². The summed E-state index contributed by atoms with van der Waals surface area (Å²) in [6, 6.07) is 8.22. The van der Waals surface area contributed by atoms with Crippen molar-refractivity contribution >= 4 is 27.5 Å². The molecule has 1 unspecified atom stereocenters. The van der Waals surface area contributed by atoms with Crippen molar-refractivity contribution in [2.24, 2.45) is 0 Å². The lowest BCUT2D eigenvalue weighted by Gasteiger charge is -2.46. The van der Waals surface area contributed by atoms with E-state index in [9.17, 15) is 13.9 Å². The van der Waals surface area contributed by atoms with E-state index in [4.69, 9.17) is 9.72 Å². The fourth-order valence-electron chi connectivity index (χ4n) is 7.81. The molecule has 43 heavy (non-hydrogen) atoms. The maximum Gasteiger partial charge on any atom is 0.319 e. The van der Waals surface area contributed by atoms with Crippen molar-refractivity contribution < 1.29 is 27.4 Å². The fraction of sp³-hybridized carbons (Fsp3) is 0.438. The van der Waals surface area contributed by atoms with Crippen LogP contribution in [0.5, 0.6) is 11.8 Å². The molecule has 6 heterocycles. The van der Waals surface area contributed by atoms with Crippen molar-refractivity contribution in [2.75, 3.05) is 37.7 Å². The summed E-state index contributed by atoms with van der Waals surface area (Å²) in [6.45, 7) is 2.94. The number of aromatic hydroxyl groups is 1. The van der Waals surface area contributed by atoms with Crippen molar-refractivity contribution in [1.29, 1.82) is 0 Å². The zero-order chi connectivity index (χ0) is 29.5. The van der Waals surface area contributed by atoms with Gasteiger partial charge in [0.2, 0.25) is 0 Å². The number of rotatable bonds is 5. The molecule has 1 aromatic heterocycles. The van der Waals surface area contributed by atoms with Crippen LogP contribution in [0.1, 0.15) is 32.1 Å². The number of nitrogens with zero attached hydrogens (tertiary/aromatic N) is 4. The normalized spacial score (nSPS) is 27.0. The molecule has 5 fully saturated rings. The fourth-order valence-corrected chi connectivity index (χ4v) is 7.81. The van der Waals surface area contributed by atoms with Crippen LogP contribution in [0, 0.1) is 17.5 Å². The number of alkyl halides is 1. The topological polar surface area (TPSA) is 73.8 Å². The van der Waals surface area contributed by atoms with Crippen molar-refractivity contribution in [1.82, 2.24) is 20.2 Å². The van der Waals surface area contributed by atoms with Crippen molar-refractivity contribution in [3.63, 3.8) is 0 Å². The van der Waals surface area contributed by atoms with Gasteiger partial charge >= 0.3 is 6.01 Å². The van der Waals surface area contributed by atoms with Crippen LogP contribution in [-0.2, 0) is 0 Å². The van der Waals surface area contributed by atoms with Gasteiger partial charge in [-0.3, -0.25) is 4.90 Å². The minimum Gasteiger partial charge on any atom is -0.508 e. The van der Waals surface area contributed by atoms with E-state index in [0.29, 0.717) is 36.2 Å². The monoisotopic (exact) mass is 593 g/mol. The average molecular weight is 594 g/mol. The second kappa shape index (κ2) is 9.92. The standard InChI is InChI=1S/C32H31F4N5O2/c33-18-12-32(6-1-7-40(32)14-18)16-43-31-38-27-11-22(23-9-21(42)8-17-2-5-25(34)29(36)28(17)23)26(35)10-24(27)30(39-31)41-15-19-3-4-20(41)13-37-19/h2,5,8-11,18-20,37,42H,1,3-4,6-7,12-16H2/t18-,19+,20?,32+/m1/s1. The summed E-state index contributed by atoms with van der Waals surface area (Å²) < 4.78 is 66.1. The van der Waals surface area contributed by atoms with Gasteiger partial charge in [-0.15, -0.1) is 0 Å². The molecule has 11 heteroatoms. The van der Waals surface area contributed by atoms with Crippen LogP contribution in [0.15, 0.2) is 36.4 Å². The highest BCUT2D eigenvalue weighted by molar-refractivity contribution is 6.01. The van der Waals surface area contributed by atoms with Crippen LogP contribution in [0.4, 0.5) is 23.4 Å². The second-order valence-electron chi connectivity index (χ2n) is 12.5. The molecule has 0 aliphatic carbocycles. The van der Waals surface area contributed by atoms with Crippen LogP contribution in [0.25, 0.3) is 32.8 Å². The first-order valence-corrected chi connectivity index (χ1v) is 14.9. The van der Waals surface area contributed by atoms with E-state index < -0.39 is 29.2 Å². The summed E-state index contributed by atoms with van der Waals surface area (Å²) in [6.07, 6.45) is 3.31. The number of aromatic nitrogens is 2. The minimum absolute atomic E-state index is 0.00990. The van der Waals surface area contributed by atoms with Gasteiger partial charge in [0.05, 0.1) is 11.1 Å². The third-order valence-corrected chi connectivity index (χ3v) is 9.88. The molecule has 0 spiro atoms. The lowest BCUT2D eigenvalue weighted by Crippen LogP contribution is -2.61. The molecule has 5 saturated heterocycles. The van der Waals surface area contributed by atoms with E-state index in [1.165, 1.54) is 30.3 Å². The van der Waals surface area contributed by atoms with Gasteiger partial charge in [0.1, 0.15) is 30.2 Å². The molecule has 0 amide bonds. The van der Waals surface area contributed by atoms with E-state index in [1.807, 2.05) is 0 Å². The Morgan fingerprint density at radius 2 is 1.91 bits per heavy atom. The predicted molar refractivity (Wildman–Crippen MR) is 155 cm³/mol. The minimum atomic E-state index is -1.13. The first-order valence-electron chi connectivity index (χ1n) is 14.9. The van der Waals surface area contributed by atoms with Gasteiger partial charge in [0.25, 0.3) is 0 Å². The summed E-state index contributed by atoms with van der Waals surface area (Å²) in [5.41, 5.74) is -0.0560. The summed E-state index contributed by atoms with van der Waals surface area (Å²) in [7, 11) is 0. The zero-order valence-electron chi connectivity index (χ0n) is 23.4. The number of anilines is 1. The average Bonchev–Trinajstić information content (AvgIpc) is 3.53. The number of halogens is 4. The molecular formula is C32H31F4N5O2. The van der Waals surface area contributed by atoms with Gasteiger partial charge in [-0.05, 0) is 73.5 Å². The number of nitrogens with one attached hydrogen (secondary N) is 1. The van der Waals surface area contributed by atoms with Crippen LogP contribution in [0.2, 0.25) is 0 Å². The maximum absolute atomic E-state index is 16.0. The Kier molecular flexibility index (Phi) is 6.20. The van der Waals surface area contributed by atoms with Crippen molar-refractivity contribution in [3.8, 4) is 22.9 Å². The van der Waals surface area contributed by atoms with Gasteiger partial charge in [-0.25, -0.2) is 17.6 Å². The molecular weight excluding hydrogens is 562 g/mol. The van der Waals surface area contributed by atoms with Crippen LogP contribution < -0.4 is 15.0 Å². The molecule has 7 nitrogen and oxygen atoms in total. The second-order valence-corrected chi connectivity index (χ2v) is 12.5. The molecule has 4 atom stereocenters. The maximum atomic E-state index is 16.0. The lowest BCUT2D eigenvalue weighted by molar-refractivity contribution is 0.107. The number of hydrogen-bond acceptors (Lipinski definition) is 7. The zero-order valence-corrected chi connectivity index (χ0v) is 23.4. The highest BCUT2D eigenvalue weighted by atomic mass is 19.2. The first-order chi connectivity index (χ1) is 20.8. The highest BCUT2D eigenvalue weighted by Crippen LogP contribution is 2.42. The Balaban J connectivity index is 1.27. The van der Waals surface area contributed by atoms with Gasteiger partial charge in [-0.2, -0.15) is 9.97 Å². The van der Waals surface area contributed by atoms with Crippen LogP contribution in [-0.4, -0.2) is 76.6 Å². The number of piperidine rings is 2. The van der Waals surface area contributed by atoms with Gasteiger partial charge < -0.3 is 20.1 Å². The molecule has 4 aromatic rings. The van der Waals surface area contributed by atoms with E-state index in [-0.39, 0.29) is 52.3 Å². The molecule has 224 valence electrons. The highest BCUT2D eigenvalue weighted by Gasteiger charge is 2.49. The van der Waals surface area contributed by atoms with Crippen LogP contribution >= 0.6 is 0 Å². The summed E-state index contributed by atoms with van der Waals surface area (Å²) in [5.74, 6) is -2.53. The van der Waals surface area contributed by atoms with Gasteiger partial charge in [-0.1, -0.05) is 6.07 Å². The van der Waals surface area contributed by atoms with Crippen molar-refractivity contribution in [3.05, 3.63) is 53.8 Å². The van der Waals surface area contributed by atoms with E-state index in [0.717, 1.165) is 44.8 Å². The number of phenols is 1. The molecule has 5 aliphatic heterocycles. The molecule has 2 N–H and O–H groups in total. The first kappa shape index (κ1) is 26.9. The molecule has 9 rings (SSSR count). The molecule has 3 aromatic carbocycles. The van der Waals surface area contributed by atoms with E-state index >= 15 is 8.78 Å². The predicted octanol–water partition coefficient (Wildman–Crippen LogP) is 5.47. The third-order valence-electron chi connectivity index (χ3n) is 9.88. The molecule has 0 radical (unpaired) electrons. The number of benzene rings is 3. The quantitative estimate of drug-likeness (QED) is 0.298. The number of ether oxygens (including phenoxy) is 1. The number of piperazine rings is 1. The lowest BCUT2D eigenvalue weighted by atomic mass is 9.92. The SMILES string of the molecule is Oc1cc(-c2cc3nc(OC[C@@]45CCCN4C[C@H](F)C5)nc(N4C[C@@H]5CCC4CN5)c3cc2F)c2c(F)c(F)ccc2c1. The van der Waals surface area contributed by atoms with E-state index in [1.54, 1.807) is 0 Å². The molecule has 0 saturated carbocycles. The summed E-state index contributed by atoms with van der Waals surface area (Å²) >= 11 is 0. The number of phenolic OH excluding ortho intramolecular Hbond substituents is 1. The Labute approximate surface area is 245 Å². The van der Waals surface area contributed by atoms with Gasteiger partial charge in [0, 0.05) is 54.5 Å². The number of fused-ring (bicyclic) bond motifs is 6. The summed E-state index contributed by atoms with van der Waals surface area (Å²) in [4.78, 5) is 13.8. The molecule has 2 bridgehead atoms. The third kappa shape index (κ3) is 4.38. The van der Waals surface area contributed by atoms with Gasteiger partial charge in [0.15, 0.2) is 11.6 Å². The number of hydrogen-bond donors (Lipinski definition) is 2. The summed E-state index contributed by atoms with van der Waals surface area (Å²) in [5, 5.41) is 14.5. The molecule has 5 aliphatic rings. The Morgan fingerprint density at radius 3 is 2.70 bits per heavy atom. The van der Waals surface area contributed by atoms with Crippen LogP contribution in [0.3, 0.4) is 0 Å². The largest absolute Gasteiger partial charge is 0.508 e. The Morgan fingerprint density at radius 1 is 1.02 bits per heavy atom. The van der Waals surface area contributed by atoms with Crippen molar-refractivity contribution in [2.45, 2.75) is 55.9 Å².